The number of aliphatic hydroxyl groups is 18. The molecule has 32 N–H and O–H groups in total. The van der Waals surface area contributed by atoms with Gasteiger partial charge in [-0.15, -0.1) is 0 Å². The van der Waals surface area contributed by atoms with Gasteiger partial charge in [-0.05, 0) is 119 Å². The van der Waals surface area contributed by atoms with Gasteiger partial charge >= 0.3 is 0 Å². The van der Waals surface area contributed by atoms with Crippen LogP contribution in [0.25, 0.3) is 0 Å². The van der Waals surface area contributed by atoms with Crippen LogP contribution in [-0.4, -0.2) is 475 Å². The molecule has 6 saturated heterocycles. The maximum Gasteiger partial charge on any atom is 0.242 e. The number of Topliss-reactive ketones (excluding diaryl/α,β-unsaturated/α-hetero) is 1. The molecule has 0 spiro atoms. The second kappa shape index (κ2) is 63.7. The number of carbonyl (C=O) groups excluding carboxylic acids is 13. The summed E-state index contributed by atoms with van der Waals surface area (Å²) in [7, 11) is 0. The third-order valence-electron chi connectivity index (χ3n) is 24.4. The molecular formula is C87H153N13O43. The van der Waals surface area contributed by atoms with E-state index in [1.165, 1.54) is 48.5 Å². The molecule has 12 amide bonds. The van der Waals surface area contributed by atoms with Gasteiger partial charge in [-0.3, -0.25) is 62.3 Å². The highest BCUT2D eigenvalue weighted by atomic mass is 16.7. The summed E-state index contributed by atoms with van der Waals surface area (Å²) in [6.07, 6.45) is -49.8. The largest absolute Gasteiger partial charge is 0.388 e. The van der Waals surface area contributed by atoms with Gasteiger partial charge in [0.05, 0.1) is 82.3 Å². The molecule has 6 fully saturated rings. The van der Waals surface area contributed by atoms with Crippen molar-refractivity contribution in [2.24, 2.45) is 5.73 Å². The van der Waals surface area contributed by atoms with Gasteiger partial charge in [-0.1, -0.05) is 7.43 Å². The van der Waals surface area contributed by atoms with E-state index in [1.807, 2.05) is 0 Å². The summed E-state index contributed by atoms with van der Waals surface area (Å²) in [6, 6.07) is -9.18. The summed E-state index contributed by atoms with van der Waals surface area (Å²) < 4.78 is 66.0. The third-order valence-corrected chi connectivity index (χ3v) is 24.4. The molecule has 143 heavy (non-hydrogen) atoms. The second-order valence-electron chi connectivity index (χ2n) is 35.6. The molecule has 0 aromatic carbocycles. The van der Waals surface area contributed by atoms with Gasteiger partial charge in [-0.2, -0.15) is 0 Å². The van der Waals surface area contributed by atoms with Gasteiger partial charge in [0.2, 0.25) is 70.9 Å². The van der Waals surface area contributed by atoms with Crippen LogP contribution in [0.4, 0.5) is 0 Å². The van der Waals surface area contributed by atoms with E-state index in [4.69, 9.17) is 62.6 Å². The molecule has 56 nitrogen and oxygen atoms in total. The van der Waals surface area contributed by atoms with Crippen LogP contribution in [0.2, 0.25) is 0 Å². The van der Waals surface area contributed by atoms with E-state index < -0.39 is 408 Å². The van der Waals surface area contributed by atoms with Crippen molar-refractivity contribution < 1.29 is 211 Å². The number of hydrogen-bond donors (Lipinski definition) is 31. The Hall–Kier alpha value is -7.93. The number of rotatable bonds is 60. The Morgan fingerprint density at radius 1 is 0.238 bits per heavy atom. The molecule has 6 aliphatic heterocycles. The number of ketones is 1. The lowest BCUT2D eigenvalue weighted by Gasteiger charge is -2.38. The minimum atomic E-state index is -1.80. The van der Waals surface area contributed by atoms with Crippen molar-refractivity contribution in [3.63, 3.8) is 0 Å². The third kappa shape index (κ3) is 40.9. The van der Waals surface area contributed by atoms with Gasteiger partial charge in [-0.25, -0.2) is 0 Å². The van der Waals surface area contributed by atoms with Crippen LogP contribution in [0.1, 0.15) is 165 Å². The molecule has 36 atom stereocenters. The van der Waals surface area contributed by atoms with E-state index in [1.54, 1.807) is 0 Å². The van der Waals surface area contributed by atoms with Crippen molar-refractivity contribution in [2.75, 3.05) is 85.5 Å². The lowest BCUT2D eigenvalue weighted by molar-refractivity contribution is -0.292. The zero-order valence-corrected chi connectivity index (χ0v) is 80.3. The van der Waals surface area contributed by atoms with Crippen molar-refractivity contribution in [3.8, 4) is 0 Å². The highest BCUT2D eigenvalue weighted by Gasteiger charge is 2.49. The first kappa shape index (κ1) is 126. The molecule has 0 radical (unpaired) electrons. The smallest absolute Gasteiger partial charge is 0.242 e. The van der Waals surface area contributed by atoms with Crippen LogP contribution < -0.4 is 69.5 Å². The van der Waals surface area contributed by atoms with E-state index >= 15 is 0 Å². The zero-order chi connectivity index (χ0) is 105. The molecular weight excluding hydrogens is 1920 g/mol. The monoisotopic (exact) mass is 2070 g/mol. The first-order valence-corrected chi connectivity index (χ1v) is 47.7. The van der Waals surface area contributed by atoms with E-state index in [0.717, 1.165) is 0 Å². The van der Waals surface area contributed by atoms with E-state index in [-0.39, 0.29) is 65.1 Å². The van der Waals surface area contributed by atoms with Crippen LogP contribution in [0.15, 0.2) is 0 Å². The van der Waals surface area contributed by atoms with Crippen LogP contribution in [-0.2, 0) is 119 Å². The van der Waals surface area contributed by atoms with Crippen molar-refractivity contribution in [1.82, 2.24) is 63.8 Å². The summed E-state index contributed by atoms with van der Waals surface area (Å²) in [5, 5.41) is 217. The van der Waals surface area contributed by atoms with Crippen molar-refractivity contribution in [1.29, 1.82) is 0 Å². The number of aliphatic hydroxyl groups excluding tert-OH is 18. The average molecular weight is 2070 g/mol. The van der Waals surface area contributed by atoms with Gasteiger partial charge in [0.1, 0.15) is 140 Å². The highest BCUT2D eigenvalue weighted by molar-refractivity contribution is 5.93. The number of carbonyl (C=O) groups is 13. The molecule has 0 aromatic rings. The SMILES string of the molecule is C.CC(=O)[C@H](CCCCN)NC(=O)CCCCC(=O)N[C@@H](CCC(=O)N[C@@H](CCC(=O)N[C@@H](CCC(=O)N[C@@H](CCC(=O)N[C@@H](CCC(=O)NCCO[C@@H]1O[C@@H](C)[C@@H](O)[C@@H](O)[C@@H]1O)C(=O)NCCO[C@@H]1O[C@@H](C)[C@@H](O)[C@@H](O)[C@@H]1O)C(=O)NCCO[C@@H]1O[C@@H](C)[C@@H](O)[C@@H](O)[C@@H]1O)C(=O)NCCO[C@@H]1O[C@@H](C)[C@@H](O)[C@@H](O)[C@@H]1O)C(=O)NCCO[C@@H]1O[C@@H](C)[C@@H](O)[C@@H](O)[C@@H]1O)C(=O)NCCO[C@@H]1O[C@@H](C)[C@@H](O)[C@@H](O)[C@@H]1O. The van der Waals surface area contributed by atoms with Crippen LogP contribution in [0.5, 0.6) is 0 Å². The van der Waals surface area contributed by atoms with Crippen LogP contribution >= 0.6 is 0 Å². The molecule has 824 valence electrons. The number of hydrogen-bond acceptors (Lipinski definition) is 44. The fourth-order valence-electron chi connectivity index (χ4n) is 15.5. The Morgan fingerprint density at radius 2 is 0.420 bits per heavy atom. The lowest BCUT2D eigenvalue weighted by Crippen LogP contribution is -2.57. The zero-order valence-electron chi connectivity index (χ0n) is 80.3. The number of unbranched alkanes of at least 4 members (excludes halogenated alkanes) is 2. The fraction of sp³-hybridized carbons (Fsp3) is 0.851. The molecule has 0 aliphatic carbocycles. The molecule has 0 saturated carbocycles. The molecule has 6 rings (SSSR count). The molecule has 6 heterocycles. The minimum Gasteiger partial charge on any atom is -0.388 e. The van der Waals surface area contributed by atoms with E-state index in [2.05, 4.69) is 63.8 Å². The normalized spacial score (nSPS) is 32.0. The maximum absolute atomic E-state index is 14.4. The van der Waals surface area contributed by atoms with Crippen molar-refractivity contribution >= 4 is 76.7 Å². The Labute approximate surface area is 825 Å². The second-order valence-corrected chi connectivity index (χ2v) is 35.6. The topological polar surface area (TPSA) is 867 Å². The summed E-state index contributed by atoms with van der Waals surface area (Å²) in [4.78, 5) is 180. The summed E-state index contributed by atoms with van der Waals surface area (Å²) in [5.41, 5.74) is 5.59. The predicted molar refractivity (Wildman–Crippen MR) is 484 cm³/mol. The summed E-state index contributed by atoms with van der Waals surface area (Å²) >= 11 is 0. The Kier molecular flexibility index (Phi) is 55.9. The number of nitrogens with two attached hydrogens (primary N) is 1. The molecule has 0 unspecified atom stereocenters. The summed E-state index contributed by atoms with van der Waals surface area (Å²) in [6.45, 7) is 5.19. The van der Waals surface area contributed by atoms with E-state index in [0.29, 0.717) is 25.8 Å². The standard InChI is InChI=1S/C86H149N13O43.CH4/c1-38(100)45(12-10-11-25-87)94-52(102)13-8-9-14-53(103)95-47(77(127)90-28-34-133-83-72(122)66(116)60(110)41(4)139-83)16-21-55(105)97-49(79(129)92-30-36-135-85-74(124)68(118)62(112)43(6)141-85)18-23-57(107)99-50(80(130)93-31-37-136-86-75(125)69(119)63(113)44(7)142-86)19-24-56(106)98-48(78(128)91-29-35-134-84-73(123)67(117)61(111)42(5)140-84)17-22-54(104)96-46(76(126)89-27-33-132-82-71(121)65(115)59(109)40(3)138-82)15-20-51(101)88-26-32-131-81-70(120)64(114)58(108)39(2)137-81;/h39-50,58-75,81-86,108-125H,8-37,87H2,1-7H3,(H,88,101)(H,89,126)(H,90,127)(H,91,128)(H,92,129)(H,93,130)(H,94,102)(H,95,103)(H,96,104)(H,97,105)(H,98,106)(H,99,107);1H4/t39-,40-,41-,42-,43-,44-,45-,46-,47-,48-,49-,50-,58+,59+,60+,61+,62+,63+,64+,65+,66+,67+,68+,69+,70-,71-,72-,73-,74-,75-,81+,82+,83+,84+,85+,86+;/m0./s1. The number of nitrogens with one attached hydrogen (secondary N) is 12. The highest BCUT2D eigenvalue weighted by Crippen LogP contribution is 2.29. The lowest BCUT2D eigenvalue weighted by atomic mass is 10.0. The Bertz CT molecular complexity index is 3930. The first-order valence-electron chi connectivity index (χ1n) is 47.7. The van der Waals surface area contributed by atoms with Gasteiger partial charge in [0, 0.05) is 84.2 Å². The summed E-state index contributed by atoms with van der Waals surface area (Å²) in [5.74, 6) is -11.3. The molecule has 56 heteroatoms. The van der Waals surface area contributed by atoms with Gasteiger partial charge < -0.3 is 218 Å². The van der Waals surface area contributed by atoms with E-state index in [9.17, 15) is 154 Å². The van der Waals surface area contributed by atoms with Crippen molar-refractivity contribution in [2.45, 2.75) is 386 Å². The van der Waals surface area contributed by atoms with Gasteiger partial charge in [0.15, 0.2) is 43.5 Å². The first-order chi connectivity index (χ1) is 67.2. The number of ether oxygens (including phenoxy) is 12. The fourth-order valence-corrected chi connectivity index (χ4v) is 15.5. The predicted octanol–water partition coefficient (Wildman–Crippen LogP) is -14.5. The minimum absolute atomic E-state index is 0. The Morgan fingerprint density at radius 3 is 0.615 bits per heavy atom. The Balaban J connectivity index is 0.0000360. The molecule has 0 bridgehead atoms. The number of amides is 12. The van der Waals surface area contributed by atoms with Crippen molar-refractivity contribution in [3.05, 3.63) is 0 Å². The van der Waals surface area contributed by atoms with Crippen LogP contribution in [0, 0.1) is 0 Å². The maximum atomic E-state index is 14.4. The molecule has 0 aromatic heterocycles. The van der Waals surface area contributed by atoms with Crippen LogP contribution in [0.3, 0.4) is 0 Å². The van der Waals surface area contributed by atoms with Gasteiger partial charge in [0.25, 0.3) is 0 Å². The quantitative estimate of drug-likeness (QED) is 0.0251. The molecule has 6 aliphatic rings. The average Bonchev–Trinajstić information content (AvgIpc) is 0.842.